The molecule has 1 N–H and O–H groups in total. The van der Waals surface area contributed by atoms with Gasteiger partial charge in [0.2, 0.25) is 10.0 Å². The lowest BCUT2D eigenvalue weighted by molar-refractivity contribution is 0.0588. The summed E-state index contributed by atoms with van der Waals surface area (Å²) >= 11 is 0. The molecule has 5 nitrogen and oxygen atoms in total. The topological polar surface area (TPSA) is 66.5 Å². The molecule has 0 unspecified atom stereocenters. The zero-order valence-corrected chi connectivity index (χ0v) is 14.3. The molecule has 0 saturated carbocycles. The van der Waals surface area contributed by atoms with Crippen molar-refractivity contribution >= 4 is 15.9 Å². The molecule has 2 atom stereocenters. The third kappa shape index (κ3) is 4.12. The minimum atomic E-state index is -3.69. The van der Waals surface area contributed by atoms with E-state index in [0.717, 1.165) is 12.8 Å². The molecule has 1 saturated heterocycles. The van der Waals surface area contributed by atoms with Gasteiger partial charge in [-0.2, -0.15) is 4.72 Å². The third-order valence-electron chi connectivity index (χ3n) is 4.15. The Morgan fingerprint density at radius 3 is 2.83 bits per heavy atom. The van der Waals surface area contributed by atoms with Gasteiger partial charge >= 0.3 is 0 Å². The molecule has 1 heterocycles. The van der Waals surface area contributed by atoms with Crippen molar-refractivity contribution in [2.45, 2.75) is 37.6 Å². The molecular weight excluding hydrogens is 312 g/mol. The molecule has 1 aromatic carbocycles. The van der Waals surface area contributed by atoms with Crippen LogP contribution in [0.3, 0.4) is 0 Å². The molecule has 1 amide bonds. The second-order valence-electron chi connectivity index (χ2n) is 6.03. The number of nitrogens with one attached hydrogen (secondary N) is 1. The summed E-state index contributed by atoms with van der Waals surface area (Å²) in [5, 5.41) is 0. The summed E-state index contributed by atoms with van der Waals surface area (Å²) in [5.41, 5.74) is 0.384. The minimum Gasteiger partial charge on any atom is -0.336 e. The maximum absolute atomic E-state index is 12.7. The maximum Gasteiger partial charge on any atom is 0.254 e. The van der Waals surface area contributed by atoms with Crippen molar-refractivity contribution in [3.63, 3.8) is 0 Å². The van der Waals surface area contributed by atoms with Crippen LogP contribution in [-0.2, 0) is 10.0 Å². The quantitative estimate of drug-likeness (QED) is 0.855. The van der Waals surface area contributed by atoms with E-state index in [-0.39, 0.29) is 23.4 Å². The van der Waals surface area contributed by atoms with Gasteiger partial charge in [0.05, 0.1) is 11.4 Å². The molecule has 6 heteroatoms. The number of carbonyl (C=O) groups excluding carboxylic acids is 1. The summed E-state index contributed by atoms with van der Waals surface area (Å²) in [6.07, 6.45) is 7.01. The number of hydrogen-bond donors (Lipinski definition) is 1. The van der Waals surface area contributed by atoms with Gasteiger partial charge in [-0.05, 0) is 43.9 Å². The van der Waals surface area contributed by atoms with E-state index in [4.69, 9.17) is 6.42 Å². The standard InChI is InChI=1S/C17H22N2O3S/c1-4-9-18-23(21,22)16-7-5-6-15(12-16)17(20)19-10-8-13(2)11-14(19)3/h1,5-7,12-14,18H,8-11H2,2-3H3/t13-,14-/m0/s1. The normalized spacial score (nSPS) is 21.7. The fraction of sp³-hybridized carbons (Fsp3) is 0.471. The second kappa shape index (κ2) is 7.16. The first-order valence-corrected chi connectivity index (χ1v) is 9.17. The Hall–Kier alpha value is -1.84. The maximum atomic E-state index is 12.7. The SMILES string of the molecule is C#CCNS(=O)(=O)c1cccc(C(=O)N2CC[C@H](C)C[C@@H]2C)c1. The van der Waals surface area contributed by atoms with Crippen LogP contribution in [0.25, 0.3) is 0 Å². The van der Waals surface area contributed by atoms with Gasteiger partial charge in [-0.3, -0.25) is 4.79 Å². The van der Waals surface area contributed by atoms with Crippen LogP contribution in [0.4, 0.5) is 0 Å². The molecule has 1 aromatic rings. The average molecular weight is 334 g/mol. The Morgan fingerprint density at radius 1 is 1.43 bits per heavy atom. The highest BCUT2D eigenvalue weighted by Crippen LogP contribution is 2.24. The van der Waals surface area contributed by atoms with Crippen LogP contribution < -0.4 is 4.72 Å². The third-order valence-corrected chi connectivity index (χ3v) is 5.55. The number of hydrogen-bond acceptors (Lipinski definition) is 3. The lowest BCUT2D eigenvalue weighted by Crippen LogP contribution is -2.44. The van der Waals surface area contributed by atoms with Crippen molar-refractivity contribution in [1.82, 2.24) is 9.62 Å². The first-order chi connectivity index (χ1) is 10.8. The molecule has 23 heavy (non-hydrogen) atoms. The highest BCUT2D eigenvalue weighted by atomic mass is 32.2. The minimum absolute atomic E-state index is 0.0524. The van der Waals surface area contributed by atoms with E-state index in [9.17, 15) is 13.2 Å². The summed E-state index contributed by atoms with van der Waals surface area (Å²) in [5.74, 6) is 2.71. The summed E-state index contributed by atoms with van der Waals surface area (Å²) in [4.78, 5) is 14.6. The Kier molecular flexibility index (Phi) is 5.45. The summed E-state index contributed by atoms with van der Waals surface area (Å²) < 4.78 is 26.5. The fourth-order valence-electron chi connectivity index (χ4n) is 2.89. The number of nitrogens with zero attached hydrogens (tertiary/aromatic N) is 1. The zero-order valence-electron chi connectivity index (χ0n) is 13.5. The first kappa shape index (κ1) is 17.5. The second-order valence-corrected chi connectivity index (χ2v) is 7.80. The van der Waals surface area contributed by atoms with Gasteiger partial charge in [0.1, 0.15) is 0 Å². The Bertz CT molecular complexity index is 722. The van der Waals surface area contributed by atoms with Gasteiger partial charge in [0, 0.05) is 18.2 Å². The number of amides is 1. The molecule has 1 fully saturated rings. The van der Waals surface area contributed by atoms with E-state index < -0.39 is 10.0 Å². The number of rotatable bonds is 4. The van der Waals surface area contributed by atoms with Crippen LogP contribution in [0.15, 0.2) is 29.2 Å². The van der Waals surface area contributed by atoms with E-state index in [1.165, 1.54) is 12.1 Å². The van der Waals surface area contributed by atoms with Crippen LogP contribution in [0.2, 0.25) is 0 Å². The molecule has 1 aliphatic heterocycles. The summed E-state index contributed by atoms with van der Waals surface area (Å²) in [6.45, 7) is 4.83. The Labute approximate surface area is 138 Å². The van der Waals surface area contributed by atoms with Crippen molar-refractivity contribution in [2.75, 3.05) is 13.1 Å². The predicted octanol–water partition coefficient (Wildman–Crippen LogP) is 1.86. The van der Waals surface area contributed by atoms with Gasteiger partial charge in [-0.15, -0.1) is 6.42 Å². The summed E-state index contributed by atoms with van der Waals surface area (Å²) in [7, 11) is -3.69. The first-order valence-electron chi connectivity index (χ1n) is 7.69. The highest BCUT2D eigenvalue weighted by Gasteiger charge is 2.28. The van der Waals surface area contributed by atoms with Gasteiger partial charge < -0.3 is 4.90 Å². The number of likely N-dealkylation sites (tertiary alicyclic amines) is 1. The number of carbonyl (C=O) groups is 1. The van der Waals surface area contributed by atoms with Crippen LogP contribution in [-0.4, -0.2) is 38.4 Å². The predicted molar refractivity (Wildman–Crippen MR) is 89.4 cm³/mol. The molecule has 1 aliphatic rings. The molecule has 0 aromatic heterocycles. The molecule has 124 valence electrons. The van der Waals surface area contributed by atoms with Gasteiger partial charge in [0.25, 0.3) is 5.91 Å². The number of benzene rings is 1. The monoisotopic (exact) mass is 334 g/mol. The van der Waals surface area contributed by atoms with Crippen molar-refractivity contribution in [3.8, 4) is 12.3 Å². The zero-order chi connectivity index (χ0) is 17.0. The lowest BCUT2D eigenvalue weighted by Gasteiger charge is -2.36. The van der Waals surface area contributed by atoms with Crippen LogP contribution in [0, 0.1) is 18.3 Å². The molecular formula is C17H22N2O3S. The molecule has 2 rings (SSSR count). The number of piperidine rings is 1. The van der Waals surface area contributed by atoms with E-state index in [1.54, 1.807) is 12.1 Å². The molecule has 0 spiro atoms. The largest absolute Gasteiger partial charge is 0.336 e. The summed E-state index contributed by atoms with van der Waals surface area (Å²) in [6, 6.07) is 6.25. The Morgan fingerprint density at radius 2 is 2.17 bits per heavy atom. The van der Waals surface area contributed by atoms with Crippen LogP contribution >= 0.6 is 0 Å². The molecule has 0 aliphatic carbocycles. The van der Waals surface area contributed by atoms with Crippen LogP contribution in [0.1, 0.15) is 37.0 Å². The lowest BCUT2D eigenvalue weighted by atomic mass is 9.93. The van der Waals surface area contributed by atoms with Crippen molar-refractivity contribution in [1.29, 1.82) is 0 Å². The van der Waals surface area contributed by atoms with Crippen LogP contribution in [0.5, 0.6) is 0 Å². The fourth-order valence-corrected chi connectivity index (χ4v) is 3.87. The average Bonchev–Trinajstić information content (AvgIpc) is 2.52. The van der Waals surface area contributed by atoms with Crippen molar-refractivity contribution in [2.24, 2.45) is 5.92 Å². The van der Waals surface area contributed by atoms with E-state index in [0.29, 0.717) is 18.0 Å². The van der Waals surface area contributed by atoms with E-state index >= 15 is 0 Å². The van der Waals surface area contributed by atoms with Gasteiger partial charge in [-0.1, -0.05) is 18.9 Å². The molecule has 0 radical (unpaired) electrons. The number of terminal acetylenes is 1. The molecule has 0 bridgehead atoms. The van der Waals surface area contributed by atoms with Crippen molar-refractivity contribution in [3.05, 3.63) is 29.8 Å². The van der Waals surface area contributed by atoms with Gasteiger partial charge in [0.15, 0.2) is 0 Å². The smallest absolute Gasteiger partial charge is 0.254 e. The van der Waals surface area contributed by atoms with Gasteiger partial charge in [-0.25, -0.2) is 8.42 Å². The van der Waals surface area contributed by atoms with Crippen molar-refractivity contribution < 1.29 is 13.2 Å². The van der Waals surface area contributed by atoms with E-state index in [2.05, 4.69) is 17.6 Å². The van der Waals surface area contributed by atoms with E-state index in [1.807, 2.05) is 11.8 Å². The number of sulfonamides is 1. The Balaban J connectivity index is 2.23. The highest BCUT2D eigenvalue weighted by molar-refractivity contribution is 7.89.